The number of carboxylic acid groups (broad SMARTS) is 2. The number of ether oxygens (including phenoxy) is 7. The molecule has 0 aromatic carbocycles. The van der Waals surface area contributed by atoms with Crippen LogP contribution in [-0.4, -0.2) is 259 Å². The summed E-state index contributed by atoms with van der Waals surface area (Å²) in [5, 5.41) is 94.3. The number of aliphatic hydroxyl groups excluding tert-OH is 7. The molecule has 67 heavy (non-hydrogen) atoms. The number of carboxylic acids is 2. The van der Waals surface area contributed by atoms with Crippen LogP contribution < -0.4 is 0 Å². The Morgan fingerprint density at radius 3 is 1.09 bits per heavy atom. The van der Waals surface area contributed by atoms with Crippen molar-refractivity contribution in [3.8, 4) is 0 Å². The smallest absolute Gasteiger partial charge is 0.397 e. The molecule has 0 saturated carbocycles. The summed E-state index contributed by atoms with van der Waals surface area (Å²) < 4.78 is 221. The number of hydrogen-bond donors (Lipinski definition) is 14. The number of carbonyl (C=O) groups is 2. The highest BCUT2D eigenvalue weighted by Crippen LogP contribution is 2.38. The molecule has 43 heteroatoms. The van der Waals surface area contributed by atoms with E-state index >= 15 is 0 Å². The van der Waals surface area contributed by atoms with E-state index in [0.717, 1.165) is 0 Å². The minimum absolute atomic E-state index is 1.50. The summed E-state index contributed by atoms with van der Waals surface area (Å²) in [7, 11) is -28.9. The van der Waals surface area contributed by atoms with Crippen molar-refractivity contribution in [2.75, 3.05) is 13.2 Å². The van der Waals surface area contributed by atoms with Gasteiger partial charge in [0.05, 0.1) is 13.2 Å². The summed E-state index contributed by atoms with van der Waals surface area (Å²) >= 11 is 0. The molecule has 0 aliphatic carbocycles. The van der Waals surface area contributed by atoms with E-state index < -0.39 is 200 Å². The third kappa shape index (κ3) is 15.1. The second-order valence-corrected chi connectivity index (χ2v) is 18.9. The molecule has 0 radical (unpaired) electrons. The fraction of sp³-hybridized carbons (Fsp3) is 0.917. The van der Waals surface area contributed by atoms with Crippen molar-refractivity contribution in [1.29, 1.82) is 0 Å². The standard InChI is InChI=1S/C24H38O38S5/c25-1-3-9(58-63(36,37)38)13(7(29)22(51-3)54-11-5(27)15(61-66(45,46)47)21(35)53-17(11)19(31)32)56-24-16(62-67(48,49)50)6(28)12(18(57-24)20(33)34)55-23-8(30)14(60-65(42,43)44)10(4(2-26)52-23)59-64(39,40)41/h3-18,21-30,35H,1-2H2,(H,31,32)(H,33,34)(H,36,37,38)(H,39,40,41)(H,42,43,44)(H,45,46,47)(H,48,49,50)/t3-,4-,5+,6+,7-,8-,9-,10-,11+,12+,13-,14-,15-,16-,17-,18-,21?,22+,23+,24-/m1/s1. The monoisotopic (exact) mass is 1090 g/mol. The lowest BCUT2D eigenvalue weighted by atomic mass is 9.95. The van der Waals surface area contributed by atoms with Crippen LogP contribution in [0.3, 0.4) is 0 Å². The van der Waals surface area contributed by atoms with Gasteiger partial charge in [-0.05, 0) is 0 Å². The Hall–Kier alpha value is -2.27. The maximum Gasteiger partial charge on any atom is 0.397 e. The van der Waals surface area contributed by atoms with Gasteiger partial charge in [-0.1, -0.05) is 0 Å². The maximum atomic E-state index is 12.6. The van der Waals surface area contributed by atoms with Crippen LogP contribution >= 0.6 is 0 Å². The minimum atomic E-state index is -6.00. The molecular formula is C24H38O38S5. The quantitative estimate of drug-likeness (QED) is 0.0504. The maximum absolute atomic E-state index is 12.6. The average Bonchev–Trinajstić information content (AvgIpc) is 3.15. The van der Waals surface area contributed by atoms with Gasteiger partial charge in [0.1, 0.15) is 73.2 Å². The van der Waals surface area contributed by atoms with Gasteiger partial charge in [-0.25, -0.2) is 30.5 Å². The number of hydrogen-bond acceptors (Lipinski definition) is 31. The van der Waals surface area contributed by atoms with Gasteiger partial charge in [0.15, 0.2) is 49.6 Å². The number of rotatable bonds is 20. The van der Waals surface area contributed by atoms with Crippen LogP contribution in [0.5, 0.6) is 0 Å². The highest BCUT2D eigenvalue weighted by Gasteiger charge is 2.60. The second kappa shape index (κ2) is 21.6. The Bertz CT molecular complexity index is 2310. The lowest BCUT2D eigenvalue weighted by molar-refractivity contribution is -0.379. The zero-order valence-corrected chi connectivity index (χ0v) is 36.1. The molecule has 4 aliphatic rings. The van der Waals surface area contributed by atoms with Crippen LogP contribution in [0, 0.1) is 0 Å². The van der Waals surface area contributed by atoms with E-state index in [1.807, 2.05) is 0 Å². The van der Waals surface area contributed by atoms with Gasteiger partial charge in [0.25, 0.3) is 0 Å². The molecule has 4 heterocycles. The molecule has 0 bridgehead atoms. The van der Waals surface area contributed by atoms with Crippen LogP contribution in [0.15, 0.2) is 0 Å². The van der Waals surface area contributed by atoms with E-state index in [1.54, 1.807) is 0 Å². The average molecular weight is 1090 g/mol. The molecule has 0 amide bonds. The van der Waals surface area contributed by atoms with Crippen LogP contribution in [0.25, 0.3) is 0 Å². The molecular weight excluding hydrogens is 1060 g/mol. The summed E-state index contributed by atoms with van der Waals surface area (Å²) in [6, 6.07) is 0. The molecule has 4 fully saturated rings. The topological polar surface area (TPSA) is 599 Å². The molecule has 392 valence electrons. The van der Waals surface area contributed by atoms with Crippen LogP contribution in [0.2, 0.25) is 0 Å². The fourth-order valence-electron chi connectivity index (χ4n) is 6.65. The first-order valence-electron chi connectivity index (χ1n) is 17.4. The Morgan fingerprint density at radius 1 is 0.388 bits per heavy atom. The van der Waals surface area contributed by atoms with Crippen molar-refractivity contribution in [3.63, 3.8) is 0 Å². The zero-order chi connectivity index (χ0) is 51.1. The van der Waals surface area contributed by atoms with Crippen molar-refractivity contribution in [2.24, 2.45) is 0 Å². The van der Waals surface area contributed by atoms with E-state index in [4.69, 9.17) is 37.5 Å². The van der Waals surface area contributed by atoms with Crippen molar-refractivity contribution in [2.45, 2.75) is 123 Å². The predicted molar refractivity (Wildman–Crippen MR) is 187 cm³/mol. The van der Waals surface area contributed by atoms with Gasteiger partial charge in [0.2, 0.25) is 0 Å². The van der Waals surface area contributed by atoms with Crippen molar-refractivity contribution in [3.05, 3.63) is 0 Å². The zero-order valence-electron chi connectivity index (χ0n) is 32.1. The van der Waals surface area contributed by atoms with Crippen LogP contribution in [0.1, 0.15) is 0 Å². The van der Waals surface area contributed by atoms with Gasteiger partial charge in [-0.3, -0.25) is 22.8 Å². The summed E-state index contributed by atoms with van der Waals surface area (Å²) in [6.07, 6.45) is -55.4. The van der Waals surface area contributed by atoms with Crippen molar-refractivity contribution >= 4 is 63.9 Å². The summed E-state index contributed by atoms with van der Waals surface area (Å²) in [5.74, 6) is -4.48. The first-order valence-corrected chi connectivity index (χ1v) is 24.2. The first kappa shape index (κ1) is 57.3. The summed E-state index contributed by atoms with van der Waals surface area (Å²) in [4.78, 5) is 24.6. The van der Waals surface area contributed by atoms with E-state index in [1.165, 1.54) is 0 Å². The number of aliphatic hydroxyl groups is 7. The van der Waals surface area contributed by atoms with Gasteiger partial charge in [-0.2, -0.15) is 42.1 Å². The molecule has 4 aliphatic heterocycles. The van der Waals surface area contributed by atoms with Crippen molar-refractivity contribution in [1.82, 2.24) is 0 Å². The summed E-state index contributed by atoms with van der Waals surface area (Å²) in [5.41, 5.74) is 0. The lowest BCUT2D eigenvalue weighted by Crippen LogP contribution is -2.69. The highest BCUT2D eigenvalue weighted by molar-refractivity contribution is 7.81. The van der Waals surface area contributed by atoms with Gasteiger partial charge < -0.3 is 79.1 Å². The number of aliphatic carboxylic acids is 2. The molecule has 14 N–H and O–H groups in total. The molecule has 1 unspecified atom stereocenters. The van der Waals surface area contributed by atoms with Gasteiger partial charge in [-0.15, -0.1) is 0 Å². The Morgan fingerprint density at radius 2 is 0.701 bits per heavy atom. The van der Waals surface area contributed by atoms with Crippen LogP contribution in [0.4, 0.5) is 0 Å². The van der Waals surface area contributed by atoms with E-state index in [-0.39, 0.29) is 0 Å². The largest absolute Gasteiger partial charge is 0.479 e. The molecule has 0 aromatic rings. The Labute approximate surface area is 373 Å². The highest BCUT2D eigenvalue weighted by atomic mass is 32.3. The van der Waals surface area contributed by atoms with Crippen molar-refractivity contribution < 1.29 is 174 Å². The Kier molecular flexibility index (Phi) is 18.5. The fourth-order valence-corrected chi connectivity index (χ4v) is 9.16. The second-order valence-electron chi connectivity index (χ2n) is 13.7. The minimum Gasteiger partial charge on any atom is -0.479 e. The molecule has 4 rings (SSSR count). The normalized spacial score (nSPS) is 40.5. The SMILES string of the molecule is O=C(O)[C@@H]1O[C@@H](O[C@@H]2[C@@H](O)[C@H](O[C@H]3[C@H](O)[C@@H](OS(=O)(=O)O)C(O)O[C@H]3C(=O)O)O[C@H](CO)[C@H]2OS(=O)(=O)O)[C@H](OS(=O)(=O)O)[C@@H](O)[C@@H]1O[C@@H]1O[C@H](CO)[C@@H](OS(=O)(=O)O)[C@H](OS(=O)(=O)O)[C@H]1O. The Balaban J connectivity index is 1.77. The molecule has 38 nitrogen and oxygen atoms in total. The molecule has 0 aromatic heterocycles. The first-order chi connectivity index (χ1) is 30.5. The van der Waals surface area contributed by atoms with E-state index in [2.05, 4.69) is 25.7 Å². The third-order valence-corrected chi connectivity index (χ3v) is 11.5. The van der Waals surface area contributed by atoms with E-state index in [0.29, 0.717) is 0 Å². The third-order valence-electron chi connectivity index (χ3n) is 9.17. The molecule has 4 saturated heterocycles. The predicted octanol–water partition coefficient (Wildman–Crippen LogP) is -10.4. The summed E-state index contributed by atoms with van der Waals surface area (Å²) in [6.45, 7) is -3.05. The lowest BCUT2D eigenvalue weighted by Gasteiger charge is -2.49. The molecule has 20 atom stereocenters. The van der Waals surface area contributed by atoms with E-state index in [9.17, 15) is 111 Å². The van der Waals surface area contributed by atoms with Gasteiger partial charge >= 0.3 is 63.9 Å². The van der Waals surface area contributed by atoms with Crippen LogP contribution in [-0.2, 0) is 116 Å². The van der Waals surface area contributed by atoms with Gasteiger partial charge in [0, 0.05) is 0 Å². The molecule has 0 spiro atoms.